The minimum Gasteiger partial charge on any atom is -0.504 e. The van der Waals surface area contributed by atoms with Crippen LogP contribution in [-0.2, 0) is 0 Å². The fourth-order valence-corrected chi connectivity index (χ4v) is 1.80. The van der Waals surface area contributed by atoms with Gasteiger partial charge in [0.2, 0.25) is 0 Å². The third-order valence-electron chi connectivity index (χ3n) is 2.75. The summed E-state index contributed by atoms with van der Waals surface area (Å²) >= 11 is 0. The Labute approximate surface area is 108 Å². The Kier molecular flexibility index (Phi) is 2.68. The number of furan rings is 1. The molecule has 0 fully saturated rings. The van der Waals surface area contributed by atoms with E-state index in [0.29, 0.717) is 22.3 Å². The van der Waals surface area contributed by atoms with E-state index in [9.17, 15) is 9.90 Å². The fraction of sp³-hybridized carbons (Fsp3) is 0. The molecular weight excluding hydrogens is 244 g/mol. The van der Waals surface area contributed by atoms with Crippen LogP contribution in [0.2, 0.25) is 0 Å². The van der Waals surface area contributed by atoms with Crippen LogP contribution in [0.15, 0.2) is 59.2 Å². The van der Waals surface area contributed by atoms with Crippen LogP contribution in [0.5, 0.6) is 11.5 Å². The Morgan fingerprint density at radius 2 is 1.89 bits per heavy atom. The van der Waals surface area contributed by atoms with E-state index in [1.165, 1.54) is 6.26 Å². The molecule has 0 aliphatic heterocycles. The van der Waals surface area contributed by atoms with Gasteiger partial charge in [-0.3, -0.25) is 0 Å². The van der Waals surface area contributed by atoms with E-state index < -0.39 is 5.97 Å². The van der Waals surface area contributed by atoms with Crippen LogP contribution in [0.4, 0.5) is 0 Å². The van der Waals surface area contributed by atoms with Gasteiger partial charge in [0.25, 0.3) is 0 Å². The summed E-state index contributed by atoms with van der Waals surface area (Å²) in [7, 11) is 0. The number of carbonyl (C=O) groups excluding carboxylic acids is 1. The average Bonchev–Trinajstić information content (AvgIpc) is 2.81. The Morgan fingerprint density at radius 1 is 1.11 bits per heavy atom. The molecule has 4 nitrogen and oxygen atoms in total. The maximum Gasteiger partial charge on any atom is 0.343 e. The number of fused-ring (bicyclic) bond motifs is 1. The van der Waals surface area contributed by atoms with Crippen molar-refractivity contribution in [3.63, 3.8) is 0 Å². The summed E-state index contributed by atoms with van der Waals surface area (Å²) in [5, 5.41) is 10.0. The Balaban J connectivity index is 1.87. The highest BCUT2D eigenvalue weighted by molar-refractivity contribution is 5.92. The number of hydrogen-bond donors (Lipinski definition) is 1. The number of aromatic hydroxyl groups is 1. The van der Waals surface area contributed by atoms with Crippen molar-refractivity contribution in [2.24, 2.45) is 0 Å². The standard InChI is InChI=1S/C15H10O4/c16-13-9-18-14-8-11(6-7-12(13)14)19-15(17)10-4-2-1-3-5-10/h1-9,16H. The maximum absolute atomic E-state index is 11.9. The fourth-order valence-electron chi connectivity index (χ4n) is 1.80. The van der Waals surface area contributed by atoms with Gasteiger partial charge >= 0.3 is 5.97 Å². The zero-order chi connectivity index (χ0) is 13.2. The highest BCUT2D eigenvalue weighted by atomic mass is 16.5. The predicted octanol–water partition coefficient (Wildman–Crippen LogP) is 3.36. The minimum atomic E-state index is -0.435. The molecule has 0 saturated carbocycles. The van der Waals surface area contributed by atoms with Crippen LogP contribution in [0, 0.1) is 0 Å². The first kappa shape index (κ1) is 11.3. The number of hydrogen-bond acceptors (Lipinski definition) is 4. The van der Waals surface area contributed by atoms with Gasteiger partial charge in [0.15, 0.2) is 5.75 Å². The molecule has 0 amide bonds. The van der Waals surface area contributed by atoms with Gasteiger partial charge < -0.3 is 14.3 Å². The first-order valence-electron chi connectivity index (χ1n) is 5.71. The van der Waals surface area contributed by atoms with Gasteiger partial charge in [0, 0.05) is 6.07 Å². The normalized spacial score (nSPS) is 10.5. The zero-order valence-electron chi connectivity index (χ0n) is 9.87. The average molecular weight is 254 g/mol. The van der Waals surface area contributed by atoms with Crippen molar-refractivity contribution in [2.45, 2.75) is 0 Å². The van der Waals surface area contributed by atoms with Crippen LogP contribution in [0.25, 0.3) is 11.0 Å². The van der Waals surface area contributed by atoms with Gasteiger partial charge in [0.1, 0.15) is 17.6 Å². The van der Waals surface area contributed by atoms with Crippen LogP contribution in [0.3, 0.4) is 0 Å². The summed E-state index contributed by atoms with van der Waals surface area (Å²) < 4.78 is 10.4. The monoisotopic (exact) mass is 254 g/mol. The number of esters is 1. The van der Waals surface area contributed by atoms with Crippen molar-refractivity contribution in [2.75, 3.05) is 0 Å². The summed E-state index contributed by atoms with van der Waals surface area (Å²) in [6.45, 7) is 0. The van der Waals surface area contributed by atoms with E-state index in [2.05, 4.69) is 0 Å². The molecule has 0 unspecified atom stereocenters. The molecule has 0 atom stereocenters. The van der Waals surface area contributed by atoms with E-state index in [1.54, 1.807) is 42.5 Å². The van der Waals surface area contributed by atoms with Gasteiger partial charge in [-0.1, -0.05) is 18.2 Å². The molecule has 0 saturated heterocycles. The summed E-state index contributed by atoms with van der Waals surface area (Å²) in [6, 6.07) is 13.5. The lowest BCUT2D eigenvalue weighted by molar-refractivity contribution is 0.0735. The summed E-state index contributed by atoms with van der Waals surface area (Å²) in [4.78, 5) is 11.9. The second kappa shape index (κ2) is 4.49. The molecule has 2 aromatic carbocycles. The number of benzene rings is 2. The maximum atomic E-state index is 11.9. The number of carbonyl (C=O) groups is 1. The van der Waals surface area contributed by atoms with Crippen molar-refractivity contribution in [1.82, 2.24) is 0 Å². The first-order chi connectivity index (χ1) is 9.24. The van der Waals surface area contributed by atoms with Crippen molar-refractivity contribution >= 4 is 16.9 Å². The lowest BCUT2D eigenvalue weighted by atomic mass is 10.2. The highest BCUT2D eigenvalue weighted by Gasteiger charge is 2.10. The molecule has 4 heteroatoms. The Bertz CT molecular complexity index is 728. The minimum absolute atomic E-state index is 0.0657. The molecular formula is C15H10O4. The third kappa shape index (κ3) is 2.15. The zero-order valence-corrected chi connectivity index (χ0v) is 9.87. The molecule has 0 radical (unpaired) electrons. The molecule has 0 bridgehead atoms. The van der Waals surface area contributed by atoms with Gasteiger partial charge in [-0.05, 0) is 24.3 Å². The molecule has 1 heterocycles. The molecule has 0 spiro atoms. The molecule has 1 aromatic heterocycles. The lowest BCUT2D eigenvalue weighted by Crippen LogP contribution is -2.07. The molecule has 3 aromatic rings. The van der Waals surface area contributed by atoms with E-state index >= 15 is 0 Å². The van der Waals surface area contributed by atoms with E-state index in [0.717, 1.165) is 0 Å². The quantitative estimate of drug-likeness (QED) is 0.562. The van der Waals surface area contributed by atoms with Gasteiger partial charge in [-0.25, -0.2) is 4.79 Å². The van der Waals surface area contributed by atoms with Gasteiger partial charge in [0.05, 0.1) is 10.9 Å². The third-order valence-corrected chi connectivity index (χ3v) is 2.75. The van der Waals surface area contributed by atoms with Crippen molar-refractivity contribution in [1.29, 1.82) is 0 Å². The molecule has 0 aliphatic rings. The molecule has 94 valence electrons. The highest BCUT2D eigenvalue weighted by Crippen LogP contribution is 2.29. The van der Waals surface area contributed by atoms with Crippen molar-refractivity contribution < 1.29 is 19.1 Å². The Morgan fingerprint density at radius 3 is 2.68 bits per heavy atom. The SMILES string of the molecule is O=C(Oc1ccc2c(O)coc2c1)c1ccccc1. The second-order valence-electron chi connectivity index (χ2n) is 4.03. The lowest BCUT2D eigenvalue weighted by Gasteiger charge is -2.03. The molecule has 19 heavy (non-hydrogen) atoms. The molecule has 1 N–H and O–H groups in total. The first-order valence-corrected chi connectivity index (χ1v) is 5.71. The van der Waals surface area contributed by atoms with Gasteiger partial charge in [-0.15, -0.1) is 0 Å². The second-order valence-corrected chi connectivity index (χ2v) is 4.03. The van der Waals surface area contributed by atoms with E-state index in [-0.39, 0.29) is 5.75 Å². The van der Waals surface area contributed by atoms with E-state index in [4.69, 9.17) is 9.15 Å². The van der Waals surface area contributed by atoms with Crippen LogP contribution < -0.4 is 4.74 Å². The van der Waals surface area contributed by atoms with E-state index in [1.807, 2.05) is 6.07 Å². The molecule has 3 rings (SSSR count). The predicted molar refractivity (Wildman–Crippen MR) is 69.3 cm³/mol. The largest absolute Gasteiger partial charge is 0.504 e. The van der Waals surface area contributed by atoms with Crippen molar-refractivity contribution in [3.8, 4) is 11.5 Å². The van der Waals surface area contributed by atoms with Crippen LogP contribution >= 0.6 is 0 Å². The Hall–Kier alpha value is -2.75. The smallest absolute Gasteiger partial charge is 0.343 e. The number of ether oxygens (including phenoxy) is 1. The number of rotatable bonds is 2. The topological polar surface area (TPSA) is 59.7 Å². The molecule has 0 aliphatic carbocycles. The van der Waals surface area contributed by atoms with Crippen LogP contribution in [0.1, 0.15) is 10.4 Å². The summed E-state index contributed by atoms with van der Waals surface area (Å²) in [6.07, 6.45) is 1.24. The van der Waals surface area contributed by atoms with Gasteiger partial charge in [-0.2, -0.15) is 0 Å². The van der Waals surface area contributed by atoms with Crippen molar-refractivity contribution in [3.05, 3.63) is 60.4 Å². The van der Waals surface area contributed by atoms with Crippen LogP contribution in [-0.4, -0.2) is 11.1 Å². The summed E-state index contributed by atoms with van der Waals surface area (Å²) in [5.74, 6) is 0.00219. The summed E-state index contributed by atoms with van der Waals surface area (Å²) in [5.41, 5.74) is 0.945.